The van der Waals surface area contributed by atoms with Gasteiger partial charge in [0.2, 0.25) is 11.7 Å². The molecular weight excluding hydrogens is 771 g/mol. The van der Waals surface area contributed by atoms with Crippen molar-refractivity contribution >= 4 is 29.3 Å². The fourth-order valence-electron chi connectivity index (χ4n) is 7.80. The lowest BCUT2D eigenvalue weighted by molar-refractivity contribution is -0.231. The number of nitrogens with one attached hydrogen (secondary N) is 3. The highest BCUT2D eigenvalue weighted by molar-refractivity contribution is 5.96. The third-order valence-electron chi connectivity index (χ3n) is 11.6. The molecule has 1 atom stereocenters. The van der Waals surface area contributed by atoms with Gasteiger partial charge < -0.3 is 26.4 Å². The van der Waals surface area contributed by atoms with Crippen molar-refractivity contribution in [2.45, 2.75) is 76.2 Å². The van der Waals surface area contributed by atoms with Gasteiger partial charge in [0.15, 0.2) is 5.82 Å². The Bertz CT molecular complexity index is 2130. The summed E-state index contributed by atoms with van der Waals surface area (Å²) in [5, 5.41) is 19.8. The first-order valence-corrected chi connectivity index (χ1v) is 19.8. The maximum Gasteiger partial charge on any atom is 0.411 e. The number of piperidine rings is 1. The number of aromatic amines is 1. The van der Waals surface area contributed by atoms with E-state index < -0.39 is 41.3 Å². The summed E-state index contributed by atoms with van der Waals surface area (Å²) in [6.45, 7) is 4.42. The fourth-order valence-corrected chi connectivity index (χ4v) is 7.80. The number of aryl methyl sites for hydroxylation is 1. The molecule has 1 saturated heterocycles. The molecular formula is C43H49F4N7O5. The number of nitrogens with two attached hydrogens (primary N) is 1. The van der Waals surface area contributed by atoms with Gasteiger partial charge in [-0.1, -0.05) is 30.3 Å². The average molecular weight is 820 g/mol. The van der Waals surface area contributed by atoms with Crippen molar-refractivity contribution in [1.29, 1.82) is 0 Å². The van der Waals surface area contributed by atoms with Gasteiger partial charge in [-0.2, -0.15) is 22.7 Å². The van der Waals surface area contributed by atoms with Gasteiger partial charge in [-0.05, 0) is 143 Å². The molecule has 4 aromatic rings. The number of aliphatic carboxylic acids is 1. The molecule has 2 fully saturated rings. The zero-order valence-electron chi connectivity index (χ0n) is 32.9. The number of ketones is 1. The molecule has 59 heavy (non-hydrogen) atoms. The molecule has 1 unspecified atom stereocenters. The molecule has 2 aliphatic rings. The Kier molecular flexibility index (Phi) is 13.3. The first-order valence-electron chi connectivity index (χ1n) is 19.8. The summed E-state index contributed by atoms with van der Waals surface area (Å²) in [5.41, 5.74) is 10.6. The number of nitrogens with zero attached hydrogens (tertiary/aromatic N) is 3. The van der Waals surface area contributed by atoms with Crippen molar-refractivity contribution < 1.29 is 41.8 Å². The molecule has 0 radical (unpaired) electrons. The van der Waals surface area contributed by atoms with Gasteiger partial charge in [0.25, 0.3) is 5.91 Å². The highest BCUT2D eigenvalue weighted by Gasteiger charge is 2.65. The summed E-state index contributed by atoms with van der Waals surface area (Å²) in [6, 6.07) is 19.2. The van der Waals surface area contributed by atoms with Gasteiger partial charge >= 0.3 is 17.8 Å². The van der Waals surface area contributed by atoms with Crippen LogP contribution in [0.15, 0.2) is 66.7 Å². The Morgan fingerprint density at radius 2 is 1.56 bits per heavy atom. The van der Waals surface area contributed by atoms with Gasteiger partial charge in [0.1, 0.15) is 5.78 Å². The molecule has 1 aromatic heterocycles. The van der Waals surface area contributed by atoms with Crippen LogP contribution >= 0.6 is 0 Å². The standard InChI is InChI=1S/C43H49F4N7O5/c1-25-21-31(38(56)50-34-17-19-54(2)20-18-34)13-16-35(25)28-7-3-26(4-8-28)22-32(23-36(55)29-9-5-27(24-48)6-10-29)39(57)49-33-14-11-30(12-15-33)37-51-40(53-52-37)42(44,45)43(46,47)41(58)59/h3-4,7-8,11-16,21,27,29,32,34H,5-6,9-10,17-20,22-24,48H2,1-2H3,(H,49,57)(H,50,56)(H,58,59)(H,51,52,53). The van der Waals surface area contributed by atoms with Crippen LogP contribution in [-0.4, -0.2) is 87.4 Å². The molecule has 2 heterocycles. The number of hydrogen-bond acceptors (Lipinski definition) is 8. The van der Waals surface area contributed by atoms with E-state index in [1.807, 2.05) is 49.4 Å². The van der Waals surface area contributed by atoms with Crippen molar-refractivity contribution in [3.05, 3.63) is 89.2 Å². The van der Waals surface area contributed by atoms with Crippen molar-refractivity contribution in [3.63, 3.8) is 0 Å². The number of carboxylic acids is 1. The monoisotopic (exact) mass is 819 g/mol. The number of amides is 2. The van der Waals surface area contributed by atoms with Gasteiger partial charge in [0.05, 0.1) is 0 Å². The van der Waals surface area contributed by atoms with Crippen LogP contribution in [-0.2, 0) is 26.7 Å². The number of Topliss-reactive ketones (excluding diaryl/α,β-unsaturated/α-hetero) is 1. The average Bonchev–Trinajstić information content (AvgIpc) is 3.73. The van der Waals surface area contributed by atoms with Crippen LogP contribution in [0.25, 0.3) is 22.5 Å². The Labute approximate surface area is 339 Å². The third kappa shape index (κ3) is 10.0. The van der Waals surface area contributed by atoms with Crippen molar-refractivity contribution in [3.8, 4) is 22.5 Å². The minimum atomic E-state index is -5.43. The van der Waals surface area contributed by atoms with Crippen molar-refractivity contribution in [2.24, 2.45) is 23.5 Å². The lowest BCUT2D eigenvalue weighted by Crippen LogP contribution is -2.45. The lowest BCUT2D eigenvalue weighted by atomic mass is 9.77. The van der Waals surface area contributed by atoms with Crippen LogP contribution in [0, 0.1) is 24.7 Å². The molecule has 2 amide bonds. The molecule has 1 saturated carbocycles. The van der Waals surface area contributed by atoms with E-state index in [-0.39, 0.29) is 42.1 Å². The number of carboxylic acid groups (broad SMARTS) is 1. The quantitative estimate of drug-likeness (QED) is 0.0825. The normalized spacial score (nSPS) is 18.6. The van der Waals surface area contributed by atoms with Crippen LogP contribution < -0.4 is 16.4 Å². The lowest BCUT2D eigenvalue weighted by Gasteiger charge is -2.29. The summed E-state index contributed by atoms with van der Waals surface area (Å²) in [7, 11) is 2.08. The van der Waals surface area contributed by atoms with Crippen LogP contribution in [0.3, 0.4) is 0 Å². The zero-order chi connectivity index (χ0) is 42.5. The number of hydrogen-bond donors (Lipinski definition) is 5. The largest absolute Gasteiger partial charge is 0.477 e. The van der Waals surface area contributed by atoms with Crippen LogP contribution in [0.4, 0.5) is 23.2 Å². The highest BCUT2D eigenvalue weighted by Crippen LogP contribution is 2.42. The van der Waals surface area contributed by atoms with E-state index in [1.165, 1.54) is 24.3 Å². The van der Waals surface area contributed by atoms with E-state index >= 15 is 0 Å². The third-order valence-corrected chi connectivity index (χ3v) is 11.6. The second-order valence-corrected chi connectivity index (χ2v) is 15.8. The summed E-state index contributed by atoms with van der Waals surface area (Å²) < 4.78 is 55.9. The van der Waals surface area contributed by atoms with E-state index in [0.29, 0.717) is 36.6 Å². The Hall–Kier alpha value is -5.48. The zero-order valence-corrected chi connectivity index (χ0v) is 32.9. The number of alkyl halides is 4. The van der Waals surface area contributed by atoms with Crippen LogP contribution in [0.1, 0.15) is 72.3 Å². The van der Waals surface area contributed by atoms with Gasteiger partial charge in [-0.15, -0.1) is 0 Å². The molecule has 16 heteroatoms. The Morgan fingerprint density at radius 3 is 2.17 bits per heavy atom. The number of carbonyl (C=O) groups excluding carboxylic acids is 3. The topological polar surface area (TPSA) is 183 Å². The molecule has 12 nitrogen and oxygen atoms in total. The molecule has 6 rings (SSSR count). The Morgan fingerprint density at radius 1 is 0.915 bits per heavy atom. The minimum Gasteiger partial charge on any atom is -0.477 e. The number of halogens is 4. The highest BCUT2D eigenvalue weighted by atomic mass is 19.3. The molecule has 3 aromatic carbocycles. The molecule has 6 N–H and O–H groups in total. The fraction of sp³-hybridized carbons (Fsp3) is 0.442. The van der Waals surface area contributed by atoms with Gasteiger partial charge in [-0.25, -0.2) is 9.78 Å². The second-order valence-electron chi connectivity index (χ2n) is 15.8. The smallest absolute Gasteiger partial charge is 0.411 e. The van der Waals surface area contributed by atoms with E-state index in [1.54, 1.807) is 5.10 Å². The summed E-state index contributed by atoms with van der Waals surface area (Å²) in [6.07, 6.45) is 5.24. The maximum absolute atomic E-state index is 14.3. The number of H-pyrrole nitrogens is 1. The second kappa shape index (κ2) is 18.2. The molecule has 0 spiro atoms. The SMILES string of the molecule is Cc1cc(C(=O)NC2CCN(C)CC2)ccc1-c1ccc(CC(CC(=O)C2CCC(CN)CC2)C(=O)Nc2ccc(-c3n[nH]c(C(F)(F)C(F)(F)C(=O)O)n3)cc2)cc1. The molecule has 314 valence electrons. The minimum absolute atomic E-state index is 0.00820. The predicted octanol–water partition coefficient (Wildman–Crippen LogP) is 6.60. The summed E-state index contributed by atoms with van der Waals surface area (Å²) in [4.78, 5) is 56.9. The number of carbonyl (C=O) groups is 4. The van der Waals surface area contributed by atoms with Crippen molar-refractivity contribution in [1.82, 2.24) is 25.4 Å². The van der Waals surface area contributed by atoms with E-state index in [0.717, 1.165) is 61.0 Å². The van der Waals surface area contributed by atoms with E-state index in [2.05, 4.69) is 32.7 Å². The molecule has 0 bridgehead atoms. The first-order chi connectivity index (χ1) is 28.0. The maximum atomic E-state index is 14.3. The van der Waals surface area contributed by atoms with Gasteiger partial charge in [-0.3, -0.25) is 19.5 Å². The summed E-state index contributed by atoms with van der Waals surface area (Å²) >= 11 is 0. The van der Waals surface area contributed by atoms with E-state index in [4.69, 9.17) is 10.8 Å². The number of benzene rings is 3. The Balaban J connectivity index is 1.14. The van der Waals surface area contributed by atoms with Gasteiger partial charge in [0, 0.05) is 41.1 Å². The van der Waals surface area contributed by atoms with E-state index in [9.17, 15) is 36.7 Å². The van der Waals surface area contributed by atoms with Crippen molar-refractivity contribution in [2.75, 3.05) is 32.0 Å². The molecule has 1 aliphatic heterocycles. The predicted molar refractivity (Wildman–Crippen MR) is 213 cm³/mol. The number of anilines is 1. The first kappa shape index (κ1) is 43.1. The number of likely N-dealkylation sites (tertiary alicyclic amines) is 1. The summed E-state index contributed by atoms with van der Waals surface area (Å²) in [5.74, 6) is -16.6. The number of aromatic nitrogens is 3. The van der Waals surface area contributed by atoms with Crippen LogP contribution in [0.2, 0.25) is 0 Å². The number of rotatable bonds is 15. The molecule has 1 aliphatic carbocycles. The van der Waals surface area contributed by atoms with Crippen LogP contribution in [0.5, 0.6) is 0 Å².